The molecular formula is C20H19ClN2O3. The number of benzene rings is 2. The maximum absolute atomic E-state index is 13.1. The summed E-state index contributed by atoms with van der Waals surface area (Å²) in [4.78, 5) is 30.0. The van der Waals surface area contributed by atoms with Crippen molar-refractivity contribution in [3.63, 3.8) is 0 Å². The fourth-order valence-corrected chi connectivity index (χ4v) is 3.38. The molecule has 134 valence electrons. The van der Waals surface area contributed by atoms with E-state index < -0.39 is 5.97 Å². The van der Waals surface area contributed by atoms with Crippen LogP contribution in [0.4, 0.5) is 0 Å². The lowest BCUT2D eigenvalue weighted by atomic mass is 9.99. The van der Waals surface area contributed by atoms with E-state index >= 15 is 0 Å². The van der Waals surface area contributed by atoms with E-state index in [9.17, 15) is 9.59 Å². The normalized spacial score (nSPS) is 11.0. The number of carbonyl (C=O) groups is 1. The van der Waals surface area contributed by atoms with Crippen LogP contribution in [0.25, 0.3) is 16.6 Å². The molecule has 3 aromatic rings. The van der Waals surface area contributed by atoms with E-state index in [0.717, 1.165) is 0 Å². The van der Waals surface area contributed by atoms with Gasteiger partial charge in [0.1, 0.15) is 5.82 Å². The number of esters is 1. The summed E-state index contributed by atoms with van der Waals surface area (Å²) in [5, 5.41) is 0.998. The van der Waals surface area contributed by atoms with E-state index in [1.54, 1.807) is 58.0 Å². The first-order valence-corrected chi connectivity index (χ1v) is 8.69. The molecule has 1 heterocycles. The van der Waals surface area contributed by atoms with Crippen LogP contribution in [0.15, 0.2) is 35.1 Å². The molecule has 0 radical (unpaired) electrons. The topological polar surface area (TPSA) is 61.2 Å². The van der Waals surface area contributed by atoms with E-state index in [1.165, 1.54) is 4.57 Å². The predicted octanol–water partition coefficient (Wildman–Crippen LogP) is 4.14. The van der Waals surface area contributed by atoms with Crippen LogP contribution in [-0.4, -0.2) is 22.1 Å². The number of carbonyl (C=O) groups excluding carboxylic acids is 1. The Hall–Kier alpha value is -2.66. The molecule has 0 spiro atoms. The zero-order chi connectivity index (χ0) is 19.0. The van der Waals surface area contributed by atoms with E-state index in [2.05, 4.69) is 4.98 Å². The highest BCUT2D eigenvalue weighted by Gasteiger charge is 2.20. The van der Waals surface area contributed by atoms with Crippen LogP contribution in [0.5, 0.6) is 0 Å². The van der Waals surface area contributed by atoms with Gasteiger partial charge in [0.15, 0.2) is 0 Å². The molecule has 0 aliphatic rings. The molecule has 0 atom stereocenters. The van der Waals surface area contributed by atoms with Gasteiger partial charge in [0.2, 0.25) is 0 Å². The molecule has 0 saturated carbocycles. The van der Waals surface area contributed by atoms with Crippen molar-refractivity contribution < 1.29 is 9.53 Å². The van der Waals surface area contributed by atoms with Crippen LogP contribution in [-0.2, 0) is 4.74 Å². The minimum Gasteiger partial charge on any atom is -0.462 e. The summed E-state index contributed by atoms with van der Waals surface area (Å²) in [6, 6.07) is 8.76. The van der Waals surface area contributed by atoms with Crippen molar-refractivity contribution in [2.45, 2.75) is 27.7 Å². The Morgan fingerprint density at radius 1 is 1.23 bits per heavy atom. The lowest BCUT2D eigenvalue weighted by molar-refractivity contribution is 0.0525. The van der Waals surface area contributed by atoms with E-state index in [0.29, 0.717) is 50.7 Å². The van der Waals surface area contributed by atoms with Crippen molar-refractivity contribution >= 4 is 28.5 Å². The molecule has 0 N–H and O–H groups in total. The van der Waals surface area contributed by atoms with Gasteiger partial charge in [-0.25, -0.2) is 9.78 Å². The molecule has 0 bridgehead atoms. The summed E-state index contributed by atoms with van der Waals surface area (Å²) in [6.07, 6.45) is 0. The van der Waals surface area contributed by atoms with Crippen molar-refractivity contribution in [3.05, 3.63) is 68.2 Å². The number of rotatable bonds is 3. The molecule has 0 amide bonds. The molecule has 5 nitrogen and oxygen atoms in total. The molecule has 3 rings (SSSR count). The second-order valence-electron chi connectivity index (χ2n) is 6.09. The number of ether oxygens (including phenoxy) is 1. The third-order valence-corrected chi connectivity index (χ3v) is 4.55. The largest absolute Gasteiger partial charge is 0.462 e. The van der Waals surface area contributed by atoms with Crippen LogP contribution in [0.1, 0.15) is 34.2 Å². The van der Waals surface area contributed by atoms with E-state index in [1.807, 2.05) is 0 Å². The van der Waals surface area contributed by atoms with Crippen molar-refractivity contribution in [2.75, 3.05) is 6.61 Å². The maximum atomic E-state index is 13.1. The zero-order valence-corrected chi connectivity index (χ0v) is 15.8. The summed E-state index contributed by atoms with van der Waals surface area (Å²) >= 11 is 6.07. The second-order valence-corrected chi connectivity index (χ2v) is 6.53. The lowest BCUT2D eigenvalue weighted by Gasteiger charge is -2.15. The minimum atomic E-state index is -0.400. The Labute approximate surface area is 156 Å². The molecule has 0 aliphatic carbocycles. The van der Waals surface area contributed by atoms with Gasteiger partial charge in [-0.15, -0.1) is 0 Å². The first-order valence-electron chi connectivity index (χ1n) is 8.31. The molecule has 1 aromatic heterocycles. The Balaban J connectivity index is 2.34. The highest BCUT2D eigenvalue weighted by atomic mass is 35.5. The molecule has 0 aliphatic heterocycles. The van der Waals surface area contributed by atoms with Crippen molar-refractivity contribution in [3.8, 4) is 5.69 Å². The van der Waals surface area contributed by atoms with Gasteiger partial charge in [0.25, 0.3) is 5.56 Å². The first kappa shape index (κ1) is 18.1. The van der Waals surface area contributed by atoms with Gasteiger partial charge < -0.3 is 4.74 Å². The average Bonchev–Trinajstić information content (AvgIpc) is 2.57. The Kier molecular flexibility index (Phi) is 4.83. The maximum Gasteiger partial charge on any atom is 0.338 e. The number of aromatic nitrogens is 2. The van der Waals surface area contributed by atoms with Crippen LogP contribution >= 0.6 is 11.6 Å². The van der Waals surface area contributed by atoms with Gasteiger partial charge in [0, 0.05) is 5.02 Å². The quantitative estimate of drug-likeness (QED) is 0.650. The van der Waals surface area contributed by atoms with E-state index in [4.69, 9.17) is 16.3 Å². The van der Waals surface area contributed by atoms with Crippen molar-refractivity contribution in [1.29, 1.82) is 0 Å². The van der Waals surface area contributed by atoms with Gasteiger partial charge in [-0.2, -0.15) is 0 Å². The summed E-state index contributed by atoms with van der Waals surface area (Å²) in [5.41, 5.74) is 2.77. The Morgan fingerprint density at radius 3 is 2.62 bits per heavy atom. The number of hydrogen-bond donors (Lipinski definition) is 0. The fourth-order valence-electron chi connectivity index (χ4n) is 3.20. The minimum absolute atomic E-state index is 0.198. The lowest BCUT2D eigenvalue weighted by Crippen LogP contribution is -2.23. The standard InChI is InChI=1S/C20H19ClN2O3/c1-5-26-20(25)17-11(2)9-16-18(12(17)3)22-13(4)23(19(16)24)15-8-6-7-14(21)10-15/h6-10H,5H2,1-4H3. The van der Waals surface area contributed by atoms with Gasteiger partial charge in [0.05, 0.1) is 28.8 Å². The van der Waals surface area contributed by atoms with Crippen LogP contribution < -0.4 is 5.56 Å². The van der Waals surface area contributed by atoms with Crippen LogP contribution in [0.2, 0.25) is 5.02 Å². The summed E-state index contributed by atoms with van der Waals surface area (Å²) in [6.45, 7) is 7.39. The van der Waals surface area contributed by atoms with Crippen LogP contribution in [0.3, 0.4) is 0 Å². The molecule has 2 aromatic carbocycles. The highest BCUT2D eigenvalue weighted by Crippen LogP contribution is 2.24. The van der Waals surface area contributed by atoms with Crippen LogP contribution in [0, 0.1) is 20.8 Å². The third-order valence-electron chi connectivity index (χ3n) is 4.32. The molecule has 26 heavy (non-hydrogen) atoms. The number of aryl methyl sites for hydroxylation is 3. The monoisotopic (exact) mass is 370 g/mol. The summed E-state index contributed by atoms with van der Waals surface area (Å²) < 4.78 is 6.67. The van der Waals surface area contributed by atoms with Gasteiger partial charge in [-0.1, -0.05) is 17.7 Å². The van der Waals surface area contributed by atoms with Gasteiger partial charge >= 0.3 is 5.97 Å². The zero-order valence-electron chi connectivity index (χ0n) is 15.1. The molecular weight excluding hydrogens is 352 g/mol. The van der Waals surface area contributed by atoms with Crippen molar-refractivity contribution in [1.82, 2.24) is 9.55 Å². The van der Waals surface area contributed by atoms with E-state index in [-0.39, 0.29) is 5.56 Å². The van der Waals surface area contributed by atoms with Gasteiger partial charge in [-0.3, -0.25) is 9.36 Å². The number of hydrogen-bond acceptors (Lipinski definition) is 4. The van der Waals surface area contributed by atoms with Crippen molar-refractivity contribution in [2.24, 2.45) is 0 Å². The number of nitrogens with zero attached hydrogens (tertiary/aromatic N) is 2. The smallest absolute Gasteiger partial charge is 0.338 e. The SMILES string of the molecule is CCOC(=O)c1c(C)cc2c(=O)n(-c3cccc(Cl)c3)c(C)nc2c1C. The average molecular weight is 371 g/mol. The summed E-state index contributed by atoms with van der Waals surface area (Å²) in [5.74, 6) is 0.120. The first-order chi connectivity index (χ1) is 12.3. The molecule has 0 saturated heterocycles. The molecule has 6 heteroatoms. The molecule has 0 unspecified atom stereocenters. The second kappa shape index (κ2) is 6.92. The number of halogens is 1. The molecule has 0 fully saturated rings. The third kappa shape index (κ3) is 2.99. The number of fused-ring (bicyclic) bond motifs is 1. The fraction of sp³-hybridized carbons (Fsp3) is 0.250. The highest BCUT2D eigenvalue weighted by molar-refractivity contribution is 6.30. The Bertz CT molecular complexity index is 1090. The summed E-state index contributed by atoms with van der Waals surface area (Å²) in [7, 11) is 0. The Morgan fingerprint density at radius 2 is 1.96 bits per heavy atom. The predicted molar refractivity (Wildman–Crippen MR) is 103 cm³/mol. The van der Waals surface area contributed by atoms with Gasteiger partial charge in [-0.05, 0) is 63.1 Å².